The largest absolute Gasteiger partial charge is 0.394 e. The van der Waals surface area contributed by atoms with Crippen molar-refractivity contribution in [3.63, 3.8) is 0 Å². The number of rotatable bonds is 4. The summed E-state index contributed by atoms with van der Waals surface area (Å²) < 4.78 is 6.87. The number of aliphatic hydroxyl groups is 1. The van der Waals surface area contributed by atoms with E-state index >= 15 is 0 Å². The first-order chi connectivity index (χ1) is 8.72. The zero-order valence-electron chi connectivity index (χ0n) is 9.80. The van der Waals surface area contributed by atoms with E-state index in [0.717, 1.165) is 13.1 Å². The molecule has 2 rings (SSSR count). The summed E-state index contributed by atoms with van der Waals surface area (Å²) in [5, 5.41) is 14.8. The molecule has 18 heavy (non-hydrogen) atoms. The van der Waals surface area contributed by atoms with Crippen molar-refractivity contribution in [3.8, 4) is 0 Å². The molecule has 0 saturated carbocycles. The van der Waals surface area contributed by atoms with Crippen molar-refractivity contribution < 1.29 is 9.84 Å². The molecule has 0 amide bonds. The standard InChI is InChI=1S/C10H15BrN4O3/c11-9-8(13-14-2-5-18-6-3-14)7-12-15(1-4-16)10(9)17/h7,13,16H,1-6H2. The number of morpholine rings is 1. The molecule has 0 radical (unpaired) electrons. The second-order valence-corrected chi connectivity index (χ2v) is 4.63. The smallest absolute Gasteiger partial charge is 0.283 e. The van der Waals surface area contributed by atoms with E-state index in [9.17, 15) is 4.79 Å². The molecule has 1 saturated heterocycles. The summed E-state index contributed by atoms with van der Waals surface area (Å²) in [5.41, 5.74) is 3.49. The summed E-state index contributed by atoms with van der Waals surface area (Å²) in [4.78, 5) is 11.9. The highest BCUT2D eigenvalue weighted by Crippen LogP contribution is 2.17. The fraction of sp³-hybridized carbons (Fsp3) is 0.600. The average Bonchev–Trinajstić information content (AvgIpc) is 2.40. The molecule has 1 aliphatic rings. The van der Waals surface area contributed by atoms with Gasteiger partial charge in [-0.3, -0.25) is 4.79 Å². The van der Waals surface area contributed by atoms with Crippen LogP contribution in [0.5, 0.6) is 0 Å². The van der Waals surface area contributed by atoms with Gasteiger partial charge in [0.15, 0.2) is 0 Å². The van der Waals surface area contributed by atoms with Crippen LogP contribution >= 0.6 is 15.9 Å². The number of halogens is 1. The van der Waals surface area contributed by atoms with Crippen LogP contribution in [0.3, 0.4) is 0 Å². The fourth-order valence-corrected chi connectivity index (χ4v) is 2.04. The number of aliphatic hydroxyl groups excluding tert-OH is 1. The Morgan fingerprint density at radius 2 is 2.22 bits per heavy atom. The van der Waals surface area contributed by atoms with Gasteiger partial charge in [-0.05, 0) is 15.9 Å². The van der Waals surface area contributed by atoms with Crippen LogP contribution in [-0.4, -0.2) is 52.8 Å². The van der Waals surface area contributed by atoms with Crippen molar-refractivity contribution >= 4 is 21.6 Å². The van der Waals surface area contributed by atoms with Gasteiger partial charge in [-0.15, -0.1) is 0 Å². The van der Waals surface area contributed by atoms with Crippen LogP contribution < -0.4 is 11.0 Å². The predicted octanol–water partition coefficient (Wildman–Crippen LogP) is -0.343. The normalized spacial score (nSPS) is 16.8. The zero-order valence-corrected chi connectivity index (χ0v) is 11.4. The van der Waals surface area contributed by atoms with Gasteiger partial charge in [0.2, 0.25) is 0 Å². The van der Waals surface area contributed by atoms with Crippen LogP contribution in [0.1, 0.15) is 0 Å². The Morgan fingerprint density at radius 1 is 1.50 bits per heavy atom. The molecule has 7 nitrogen and oxygen atoms in total. The number of hydrogen-bond acceptors (Lipinski definition) is 6. The number of hydrazine groups is 1. The Morgan fingerprint density at radius 3 is 2.89 bits per heavy atom. The van der Waals surface area contributed by atoms with Crippen molar-refractivity contribution in [1.29, 1.82) is 0 Å². The second kappa shape index (κ2) is 6.28. The molecule has 1 aliphatic heterocycles. The lowest BCUT2D eigenvalue weighted by molar-refractivity contribution is 0.0496. The molecule has 8 heteroatoms. The van der Waals surface area contributed by atoms with Crippen molar-refractivity contribution in [2.24, 2.45) is 0 Å². The summed E-state index contributed by atoms with van der Waals surface area (Å²) in [5.74, 6) is 0. The summed E-state index contributed by atoms with van der Waals surface area (Å²) in [6.07, 6.45) is 1.57. The molecule has 0 atom stereocenters. The van der Waals surface area contributed by atoms with E-state index < -0.39 is 0 Å². The number of anilines is 1. The van der Waals surface area contributed by atoms with Gasteiger partial charge in [-0.1, -0.05) is 0 Å². The lowest BCUT2D eigenvalue weighted by Crippen LogP contribution is -2.41. The van der Waals surface area contributed by atoms with E-state index in [0.29, 0.717) is 23.4 Å². The highest BCUT2D eigenvalue weighted by atomic mass is 79.9. The molecule has 0 bridgehead atoms. The number of aromatic nitrogens is 2. The van der Waals surface area contributed by atoms with E-state index in [4.69, 9.17) is 9.84 Å². The third kappa shape index (κ3) is 3.08. The topological polar surface area (TPSA) is 79.6 Å². The molecular formula is C10H15BrN4O3. The van der Waals surface area contributed by atoms with Gasteiger partial charge < -0.3 is 15.3 Å². The first kappa shape index (κ1) is 13.5. The maximum absolute atomic E-state index is 11.9. The van der Waals surface area contributed by atoms with Gasteiger partial charge in [-0.2, -0.15) is 5.10 Å². The molecule has 1 aromatic rings. The van der Waals surface area contributed by atoms with Crippen LogP contribution in [0.4, 0.5) is 5.69 Å². The minimum atomic E-state index is -0.262. The first-order valence-corrected chi connectivity index (χ1v) is 6.47. The van der Waals surface area contributed by atoms with Crippen molar-refractivity contribution in [2.45, 2.75) is 6.54 Å². The molecule has 100 valence electrons. The first-order valence-electron chi connectivity index (χ1n) is 5.68. The highest BCUT2D eigenvalue weighted by molar-refractivity contribution is 9.10. The molecule has 2 heterocycles. The quantitative estimate of drug-likeness (QED) is 0.790. The van der Waals surface area contributed by atoms with Gasteiger partial charge >= 0.3 is 0 Å². The Hall–Kier alpha value is -0.960. The average molecular weight is 319 g/mol. The molecule has 0 spiro atoms. The highest BCUT2D eigenvalue weighted by Gasteiger charge is 2.14. The molecule has 1 aromatic heterocycles. The van der Waals surface area contributed by atoms with Crippen LogP contribution in [0.15, 0.2) is 15.5 Å². The molecule has 0 aromatic carbocycles. The van der Waals surface area contributed by atoms with Crippen molar-refractivity contribution in [2.75, 3.05) is 38.3 Å². The Kier molecular flexibility index (Phi) is 4.70. The van der Waals surface area contributed by atoms with Gasteiger partial charge in [0.25, 0.3) is 5.56 Å². The molecule has 0 unspecified atom stereocenters. The van der Waals surface area contributed by atoms with Crippen LogP contribution in [0, 0.1) is 0 Å². The van der Waals surface area contributed by atoms with E-state index in [1.54, 1.807) is 6.20 Å². The number of nitrogens with one attached hydrogen (secondary N) is 1. The zero-order chi connectivity index (χ0) is 13.0. The number of ether oxygens (including phenoxy) is 1. The lowest BCUT2D eigenvalue weighted by atomic mass is 10.4. The monoisotopic (exact) mass is 318 g/mol. The third-order valence-electron chi connectivity index (χ3n) is 2.59. The second-order valence-electron chi connectivity index (χ2n) is 3.84. The Labute approximate surface area is 112 Å². The van der Waals surface area contributed by atoms with Crippen LogP contribution in [0.2, 0.25) is 0 Å². The number of hydrogen-bond donors (Lipinski definition) is 2. The summed E-state index contributed by atoms with van der Waals surface area (Å²) in [6, 6.07) is 0. The minimum Gasteiger partial charge on any atom is -0.394 e. The maximum atomic E-state index is 11.9. The van der Waals surface area contributed by atoms with Crippen LogP contribution in [-0.2, 0) is 11.3 Å². The fourth-order valence-electron chi connectivity index (χ4n) is 1.64. The Bertz CT molecular complexity index is 459. The maximum Gasteiger partial charge on any atom is 0.283 e. The molecular weight excluding hydrogens is 304 g/mol. The SMILES string of the molecule is O=c1c(Br)c(NN2CCOCC2)cnn1CCO. The lowest BCUT2D eigenvalue weighted by Gasteiger charge is -2.28. The molecule has 1 fully saturated rings. The Balaban J connectivity index is 2.13. The minimum absolute atomic E-state index is 0.115. The van der Waals surface area contributed by atoms with E-state index in [1.807, 2.05) is 5.01 Å². The molecule has 0 aliphatic carbocycles. The third-order valence-corrected chi connectivity index (χ3v) is 3.35. The van der Waals surface area contributed by atoms with Crippen molar-refractivity contribution in [3.05, 3.63) is 21.0 Å². The van der Waals surface area contributed by atoms with E-state index in [-0.39, 0.29) is 18.7 Å². The summed E-state index contributed by atoms with van der Waals surface area (Å²) in [6.45, 7) is 2.92. The predicted molar refractivity (Wildman–Crippen MR) is 69.3 cm³/mol. The van der Waals surface area contributed by atoms with Crippen molar-refractivity contribution in [1.82, 2.24) is 14.8 Å². The van der Waals surface area contributed by atoms with Gasteiger partial charge in [0.05, 0.1) is 38.2 Å². The van der Waals surface area contributed by atoms with Gasteiger partial charge in [0, 0.05) is 13.1 Å². The molecule has 2 N–H and O–H groups in total. The van der Waals surface area contributed by atoms with Crippen LogP contribution in [0.25, 0.3) is 0 Å². The van der Waals surface area contributed by atoms with Gasteiger partial charge in [0.1, 0.15) is 4.47 Å². The van der Waals surface area contributed by atoms with E-state index in [1.165, 1.54) is 4.68 Å². The van der Waals surface area contributed by atoms with E-state index in [2.05, 4.69) is 26.5 Å². The van der Waals surface area contributed by atoms with Gasteiger partial charge in [-0.25, -0.2) is 9.69 Å². The number of nitrogens with zero attached hydrogens (tertiary/aromatic N) is 3. The summed E-state index contributed by atoms with van der Waals surface area (Å²) in [7, 11) is 0. The summed E-state index contributed by atoms with van der Waals surface area (Å²) >= 11 is 3.25.